The number of fused-ring (bicyclic) bond motifs is 1. The molecule has 2 aromatic rings. The molecule has 6 nitrogen and oxygen atoms in total. The van der Waals surface area contributed by atoms with Crippen LogP contribution in [-0.2, 0) is 20.7 Å². The molecule has 1 saturated heterocycles. The lowest BCUT2D eigenvalue weighted by Gasteiger charge is -2.42. The van der Waals surface area contributed by atoms with Crippen molar-refractivity contribution in [3.8, 4) is 0 Å². The maximum atomic E-state index is 12.7. The van der Waals surface area contributed by atoms with E-state index in [-0.39, 0.29) is 24.0 Å². The molecule has 1 aromatic carbocycles. The summed E-state index contributed by atoms with van der Waals surface area (Å²) in [6, 6.07) is 7.58. The van der Waals surface area contributed by atoms with Crippen LogP contribution in [0.4, 0.5) is 0 Å². The van der Waals surface area contributed by atoms with E-state index in [0.29, 0.717) is 31.0 Å². The Hall–Kier alpha value is -1.92. The summed E-state index contributed by atoms with van der Waals surface area (Å²) in [5, 5.41) is 4.93. The van der Waals surface area contributed by atoms with Crippen molar-refractivity contribution >= 4 is 16.9 Å². The number of amides is 1. The van der Waals surface area contributed by atoms with Gasteiger partial charge in [0.25, 0.3) is 0 Å². The highest BCUT2D eigenvalue weighted by molar-refractivity contribution is 5.86. The van der Waals surface area contributed by atoms with Gasteiger partial charge >= 0.3 is 0 Å². The van der Waals surface area contributed by atoms with Crippen LogP contribution in [0.15, 0.2) is 28.8 Å². The Bertz CT molecular complexity index is 695. The van der Waals surface area contributed by atoms with Gasteiger partial charge in [-0.25, -0.2) is 0 Å². The average Bonchev–Trinajstić information content (AvgIpc) is 2.89. The van der Waals surface area contributed by atoms with Crippen molar-refractivity contribution in [3.63, 3.8) is 0 Å². The van der Waals surface area contributed by atoms with E-state index in [4.69, 9.17) is 14.0 Å². The van der Waals surface area contributed by atoms with Crippen molar-refractivity contribution in [3.05, 3.63) is 30.0 Å². The first-order valence-corrected chi connectivity index (χ1v) is 7.76. The van der Waals surface area contributed by atoms with E-state index in [2.05, 4.69) is 5.16 Å². The quantitative estimate of drug-likeness (QED) is 0.863. The monoisotopic (exact) mass is 318 g/mol. The zero-order valence-electron chi connectivity index (χ0n) is 13.7. The van der Waals surface area contributed by atoms with Crippen LogP contribution < -0.4 is 0 Å². The van der Waals surface area contributed by atoms with Gasteiger partial charge < -0.3 is 18.9 Å². The van der Waals surface area contributed by atoms with Crippen LogP contribution in [0.1, 0.15) is 19.5 Å². The summed E-state index contributed by atoms with van der Waals surface area (Å²) in [5.74, 6) is 0.0292. The number of methoxy groups -OCH3 is 1. The number of hydrogen-bond donors (Lipinski definition) is 0. The molecule has 3 rings (SSSR count). The van der Waals surface area contributed by atoms with Crippen LogP contribution in [0.5, 0.6) is 0 Å². The van der Waals surface area contributed by atoms with Gasteiger partial charge in [-0.15, -0.1) is 0 Å². The molecule has 0 saturated carbocycles. The first kappa shape index (κ1) is 16.0. The summed E-state index contributed by atoms with van der Waals surface area (Å²) in [5.41, 5.74) is 0.997. The number of ether oxygens (including phenoxy) is 2. The highest BCUT2D eigenvalue weighted by Crippen LogP contribution is 2.23. The smallest absolute Gasteiger partial charge is 0.228 e. The summed E-state index contributed by atoms with van der Waals surface area (Å²) in [4.78, 5) is 14.5. The molecule has 1 aliphatic rings. The molecule has 0 spiro atoms. The van der Waals surface area contributed by atoms with E-state index < -0.39 is 0 Å². The van der Waals surface area contributed by atoms with Gasteiger partial charge in [0, 0.05) is 25.6 Å². The number of carbonyl (C=O) groups excluding carboxylic acids is 1. The Kier molecular flexibility index (Phi) is 4.37. The van der Waals surface area contributed by atoms with Crippen LogP contribution in [0, 0.1) is 0 Å². The molecule has 1 aliphatic heterocycles. The third-order valence-electron chi connectivity index (χ3n) is 3.96. The highest BCUT2D eigenvalue weighted by atomic mass is 16.5. The molecule has 1 atom stereocenters. The average molecular weight is 318 g/mol. The van der Waals surface area contributed by atoms with Crippen molar-refractivity contribution < 1.29 is 18.8 Å². The standard InChI is InChI=1S/C17H22N2O4/c1-17(2)11-19(9-12(22-17)10-21-3)16(20)8-14-13-6-4-5-7-15(13)23-18-14/h4-7,12H,8-11H2,1-3H3. The molecule has 1 amide bonds. The molecule has 1 unspecified atom stereocenters. The fourth-order valence-corrected chi connectivity index (χ4v) is 3.08. The largest absolute Gasteiger partial charge is 0.382 e. The van der Waals surface area contributed by atoms with E-state index in [1.54, 1.807) is 7.11 Å². The number of hydrogen-bond acceptors (Lipinski definition) is 5. The van der Waals surface area contributed by atoms with Gasteiger partial charge in [0.15, 0.2) is 5.58 Å². The Morgan fingerprint density at radius 1 is 1.43 bits per heavy atom. The fourth-order valence-electron chi connectivity index (χ4n) is 3.08. The fraction of sp³-hybridized carbons (Fsp3) is 0.529. The lowest BCUT2D eigenvalue weighted by atomic mass is 10.0. The van der Waals surface area contributed by atoms with Crippen LogP contribution in [0.2, 0.25) is 0 Å². The SMILES string of the molecule is COCC1CN(C(=O)Cc2noc3ccccc23)CC(C)(C)O1. The minimum Gasteiger partial charge on any atom is -0.382 e. The molecular formula is C17H22N2O4. The zero-order valence-corrected chi connectivity index (χ0v) is 13.7. The topological polar surface area (TPSA) is 64.8 Å². The number of nitrogens with zero attached hydrogens (tertiary/aromatic N) is 2. The van der Waals surface area contributed by atoms with Gasteiger partial charge in [0.05, 0.1) is 24.7 Å². The first-order valence-electron chi connectivity index (χ1n) is 7.76. The number of para-hydroxylation sites is 1. The van der Waals surface area contributed by atoms with Gasteiger partial charge in [-0.2, -0.15) is 0 Å². The first-order chi connectivity index (χ1) is 11.0. The molecule has 2 heterocycles. The van der Waals surface area contributed by atoms with Gasteiger partial charge in [-0.3, -0.25) is 4.79 Å². The number of aromatic nitrogens is 1. The Morgan fingerprint density at radius 2 is 2.22 bits per heavy atom. The second-order valence-electron chi connectivity index (χ2n) is 6.53. The van der Waals surface area contributed by atoms with E-state index in [1.807, 2.05) is 43.0 Å². The highest BCUT2D eigenvalue weighted by Gasteiger charge is 2.35. The number of benzene rings is 1. The molecule has 0 aliphatic carbocycles. The number of carbonyl (C=O) groups is 1. The summed E-state index contributed by atoms with van der Waals surface area (Å²) < 4.78 is 16.4. The Labute approximate surface area is 135 Å². The normalized spacial score (nSPS) is 20.8. The Morgan fingerprint density at radius 3 is 3.00 bits per heavy atom. The number of rotatable bonds is 4. The van der Waals surface area contributed by atoms with Crippen LogP contribution in [0.25, 0.3) is 11.0 Å². The lowest BCUT2D eigenvalue weighted by Crippen LogP contribution is -2.56. The third-order valence-corrected chi connectivity index (χ3v) is 3.96. The minimum absolute atomic E-state index is 0.0292. The van der Waals surface area contributed by atoms with Crippen molar-refractivity contribution in [1.82, 2.24) is 10.1 Å². The maximum Gasteiger partial charge on any atom is 0.228 e. The van der Waals surface area contributed by atoms with Gasteiger partial charge in [-0.05, 0) is 26.0 Å². The lowest BCUT2D eigenvalue weighted by molar-refractivity contribution is -0.168. The van der Waals surface area contributed by atoms with Gasteiger partial charge in [0.2, 0.25) is 5.91 Å². The Balaban J connectivity index is 1.74. The van der Waals surface area contributed by atoms with Crippen molar-refractivity contribution in [2.24, 2.45) is 0 Å². The number of morpholine rings is 1. The van der Waals surface area contributed by atoms with Gasteiger partial charge in [-0.1, -0.05) is 17.3 Å². The summed E-state index contributed by atoms with van der Waals surface area (Å²) in [6.07, 6.45) is 0.119. The predicted octanol–water partition coefficient (Wildman–Crippen LogP) is 2.02. The summed E-state index contributed by atoms with van der Waals surface area (Å²) >= 11 is 0. The molecule has 6 heteroatoms. The molecule has 124 valence electrons. The zero-order chi connectivity index (χ0) is 16.4. The van der Waals surface area contributed by atoms with Gasteiger partial charge in [0.1, 0.15) is 5.69 Å². The maximum absolute atomic E-state index is 12.7. The second kappa shape index (κ2) is 6.29. The molecule has 1 fully saturated rings. The molecule has 0 N–H and O–H groups in total. The van der Waals surface area contributed by atoms with E-state index in [0.717, 1.165) is 5.39 Å². The minimum atomic E-state index is -0.386. The van der Waals surface area contributed by atoms with E-state index >= 15 is 0 Å². The molecule has 0 bridgehead atoms. The second-order valence-corrected chi connectivity index (χ2v) is 6.53. The van der Waals surface area contributed by atoms with Crippen LogP contribution >= 0.6 is 0 Å². The van der Waals surface area contributed by atoms with Crippen LogP contribution in [-0.4, -0.2) is 54.5 Å². The molecule has 0 radical (unpaired) electrons. The summed E-state index contributed by atoms with van der Waals surface area (Å²) in [6.45, 7) is 5.54. The third kappa shape index (κ3) is 3.54. The van der Waals surface area contributed by atoms with Crippen molar-refractivity contribution in [2.45, 2.75) is 32.0 Å². The van der Waals surface area contributed by atoms with E-state index in [9.17, 15) is 4.79 Å². The molecular weight excluding hydrogens is 296 g/mol. The molecule has 23 heavy (non-hydrogen) atoms. The predicted molar refractivity (Wildman–Crippen MR) is 85.1 cm³/mol. The van der Waals surface area contributed by atoms with Crippen molar-refractivity contribution in [2.75, 3.05) is 26.8 Å². The van der Waals surface area contributed by atoms with Crippen molar-refractivity contribution in [1.29, 1.82) is 0 Å². The van der Waals surface area contributed by atoms with Crippen LogP contribution in [0.3, 0.4) is 0 Å². The molecule has 1 aromatic heterocycles. The van der Waals surface area contributed by atoms with E-state index in [1.165, 1.54) is 0 Å². The summed E-state index contributed by atoms with van der Waals surface area (Å²) in [7, 11) is 1.64.